The van der Waals surface area contributed by atoms with E-state index in [0.29, 0.717) is 13.0 Å². The fourth-order valence-electron chi connectivity index (χ4n) is 1.07. The Morgan fingerprint density at radius 3 is 2.47 bits per heavy atom. The number of carbonyl (C=O) groups is 2. The van der Waals surface area contributed by atoms with Gasteiger partial charge in [0.2, 0.25) is 11.8 Å². The van der Waals surface area contributed by atoms with Crippen LogP contribution >= 0.6 is 0 Å². The number of nitrogens with zero attached hydrogens (tertiary/aromatic N) is 1. The molecule has 88 valence electrons. The molecule has 0 unspecified atom stereocenters. The Balaban J connectivity index is 3.96. The van der Waals surface area contributed by atoms with Gasteiger partial charge in [-0.05, 0) is 12.8 Å². The summed E-state index contributed by atoms with van der Waals surface area (Å²) in [6.45, 7) is 4.53. The van der Waals surface area contributed by atoms with E-state index in [0.717, 1.165) is 6.42 Å². The van der Waals surface area contributed by atoms with Crippen molar-refractivity contribution < 1.29 is 9.59 Å². The standard InChI is InChI=1S/C10H21N3O2/c1-4-6-12-9(14)7-13(3)10(15)8(11)5-2/h8H,4-7,11H2,1-3H3,(H,12,14)/t8-/m0/s1. The smallest absolute Gasteiger partial charge is 0.239 e. The highest BCUT2D eigenvalue weighted by molar-refractivity contribution is 5.87. The van der Waals surface area contributed by atoms with Crippen LogP contribution in [0.1, 0.15) is 26.7 Å². The van der Waals surface area contributed by atoms with Gasteiger partial charge >= 0.3 is 0 Å². The van der Waals surface area contributed by atoms with E-state index >= 15 is 0 Å². The van der Waals surface area contributed by atoms with Crippen LogP contribution in [0.5, 0.6) is 0 Å². The van der Waals surface area contributed by atoms with Gasteiger partial charge in [0.1, 0.15) is 0 Å². The van der Waals surface area contributed by atoms with Crippen LogP contribution in [-0.2, 0) is 9.59 Å². The lowest BCUT2D eigenvalue weighted by Crippen LogP contribution is -2.45. The summed E-state index contributed by atoms with van der Waals surface area (Å²) in [4.78, 5) is 24.1. The van der Waals surface area contributed by atoms with E-state index in [1.807, 2.05) is 13.8 Å². The van der Waals surface area contributed by atoms with Gasteiger partial charge < -0.3 is 16.0 Å². The molecule has 2 amide bonds. The Bertz CT molecular complexity index is 219. The second-order valence-electron chi connectivity index (χ2n) is 3.56. The van der Waals surface area contributed by atoms with Crippen LogP contribution in [0.4, 0.5) is 0 Å². The first-order valence-corrected chi connectivity index (χ1v) is 5.30. The molecule has 15 heavy (non-hydrogen) atoms. The van der Waals surface area contributed by atoms with Crippen LogP contribution < -0.4 is 11.1 Å². The zero-order chi connectivity index (χ0) is 11.8. The monoisotopic (exact) mass is 215 g/mol. The third-order valence-electron chi connectivity index (χ3n) is 2.09. The zero-order valence-corrected chi connectivity index (χ0v) is 9.75. The predicted molar refractivity (Wildman–Crippen MR) is 59.2 cm³/mol. The van der Waals surface area contributed by atoms with Gasteiger partial charge in [0.25, 0.3) is 0 Å². The molecule has 3 N–H and O–H groups in total. The molecule has 0 aliphatic carbocycles. The molecule has 0 aromatic heterocycles. The van der Waals surface area contributed by atoms with Gasteiger partial charge in [0, 0.05) is 13.6 Å². The normalized spacial score (nSPS) is 12.0. The molecule has 0 spiro atoms. The predicted octanol–water partition coefficient (Wildman–Crippen LogP) is -0.292. The summed E-state index contributed by atoms with van der Waals surface area (Å²) in [6.07, 6.45) is 1.47. The van der Waals surface area contributed by atoms with Gasteiger partial charge in [0.15, 0.2) is 0 Å². The molecule has 0 fully saturated rings. The molecule has 0 aromatic rings. The van der Waals surface area contributed by atoms with E-state index in [9.17, 15) is 9.59 Å². The molecule has 0 heterocycles. The third kappa shape index (κ3) is 5.37. The van der Waals surface area contributed by atoms with Crippen molar-refractivity contribution in [2.75, 3.05) is 20.1 Å². The first kappa shape index (κ1) is 13.9. The molecule has 1 atom stereocenters. The molecule has 0 radical (unpaired) electrons. The van der Waals surface area contributed by atoms with E-state index in [1.165, 1.54) is 4.90 Å². The van der Waals surface area contributed by atoms with Crippen molar-refractivity contribution in [1.29, 1.82) is 0 Å². The van der Waals surface area contributed by atoms with Crippen LogP contribution in [0, 0.1) is 0 Å². The molecule has 0 aliphatic heterocycles. The van der Waals surface area contributed by atoms with E-state index in [1.54, 1.807) is 7.05 Å². The lowest BCUT2D eigenvalue weighted by molar-refractivity contribution is -0.135. The van der Waals surface area contributed by atoms with Crippen molar-refractivity contribution in [3.8, 4) is 0 Å². The van der Waals surface area contributed by atoms with Gasteiger partial charge in [-0.1, -0.05) is 13.8 Å². The highest BCUT2D eigenvalue weighted by atomic mass is 16.2. The molecule has 0 rings (SSSR count). The number of hydrogen-bond donors (Lipinski definition) is 2. The van der Waals surface area contributed by atoms with Gasteiger partial charge in [-0.15, -0.1) is 0 Å². The van der Waals surface area contributed by atoms with E-state index in [-0.39, 0.29) is 18.4 Å². The van der Waals surface area contributed by atoms with Gasteiger partial charge in [-0.25, -0.2) is 0 Å². The number of amides is 2. The minimum atomic E-state index is -0.506. The SMILES string of the molecule is CCCNC(=O)CN(C)C(=O)[C@@H](N)CC. The molecule has 0 aliphatic rings. The second kappa shape index (κ2) is 7.23. The first-order chi connectivity index (χ1) is 7.02. The molecule has 0 aromatic carbocycles. The van der Waals surface area contributed by atoms with Crippen molar-refractivity contribution in [3.05, 3.63) is 0 Å². The van der Waals surface area contributed by atoms with Crippen LogP contribution in [0.25, 0.3) is 0 Å². The number of rotatable bonds is 6. The maximum Gasteiger partial charge on any atom is 0.239 e. The average Bonchev–Trinajstić information content (AvgIpc) is 2.23. The Morgan fingerprint density at radius 2 is 2.00 bits per heavy atom. The average molecular weight is 215 g/mol. The number of likely N-dealkylation sites (N-methyl/N-ethyl adjacent to an activating group) is 1. The lowest BCUT2D eigenvalue weighted by Gasteiger charge is -2.19. The van der Waals surface area contributed by atoms with Gasteiger partial charge in [0.05, 0.1) is 12.6 Å². The van der Waals surface area contributed by atoms with Gasteiger partial charge in [-0.3, -0.25) is 9.59 Å². The van der Waals surface area contributed by atoms with Crippen LogP contribution in [0.15, 0.2) is 0 Å². The van der Waals surface area contributed by atoms with Crippen molar-refractivity contribution in [2.24, 2.45) is 5.73 Å². The van der Waals surface area contributed by atoms with Crippen molar-refractivity contribution in [2.45, 2.75) is 32.7 Å². The van der Waals surface area contributed by atoms with Crippen LogP contribution in [-0.4, -0.2) is 42.9 Å². The third-order valence-corrected chi connectivity index (χ3v) is 2.09. The zero-order valence-electron chi connectivity index (χ0n) is 9.75. The van der Waals surface area contributed by atoms with Crippen LogP contribution in [0.3, 0.4) is 0 Å². The Kier molecular flexibility index (Phi) is 6.70. The van der Waals surface area contributed by atoms with E-state index in [2.05, 4.69) is 5.32 Å². The number of hydrogen-bond acceptors (Lipinski definition) is 3. The largest absolute Gasteiger partial charge is 0.355 e. The molecule has 0 bridgehead atoms. The summed E-state index contributed by atoms with van der Waals surface area (Å²) >= 11 is 0. The number of carbonyl (C=O) groups excluding carboxylic acids is 2. The summed E-state index contributed by atoms with van der Waals surface area (Å²) in [7, 11) is 1.59. The lowest BCUT2D eigenvalue weighted by atomic mass is 10.2. The highest BCUT2D eigenvalue weighted by Crippen LogP contribution is 1.93. The summed E-state index contributed by atoms with van der Waals surface area (Å²) in [6, 6.07) is -0.506. The highest BCUT2D eigenvalue weighted by Gasteiger charge is 2.17. The molecular formula is C10H21N3O2. The maximum absolute atomic E-state index is 11.5. The van der Waals surface area contributed by atoms with E-state index in [4.69, 9.17) is 5.73 Å². The molecule has 5 heteroatoms. The van der Waals surface area contributed by atoms with Crippen molar-refractivity contribution in [3.63, 3.8) is 0 Å². The minimum Gasteiger partial charge on any atom is -0.355 e. The van der Waals surface area contributed by atoms with Crippen LogP contribution in [0.2, 0.25) is 0 Å². The Morgan fingerprint density at radius 1 is 1.40 bits per heavy atom. The molecule has 5 nitrogen and oxygen atoms in total. The van der Waals surface area contributed by atoms with Gasteiger partial charge in [-0.2, -0.15) is 0 Å². The maximum atomic E-state index is 11.5. The number of nitrogens with one attached hydrogen (secondary N) is 1. The number of nitrogens with two attached hydrogens (primary N) is 1. The Labute approximate surface area is 91.0 Å². The Hall–Kier alpha value is -1.10. The second-order valence-corrected chi connectivity index (χ2v) is 3.56. The fraction of sp³-hybridized carbons (Fsp3) is 0.800. The summed E-state index contributed by atoms with van der Waals surface area (Å²) in [5.41, 5.74) is 5.57. The molecule has 0 saturated heterocycles. The van der Waals surface area contributed by atoms with Crippen molar-refractivity contribution >= 4 is 11.8 Å². The minimum absolute atomic E-state index is 0.0759. The first-order valence-electron chi connectivity index (χ1n) is 5.30. The quantitative estimate of drug-likeness (QED) is 0.639. The fourth-order valence-corrected chi connectivity index (χ4v) is 1.07. The summed E-state index contributed by atoms with van der Waals surface area (Å²) in [5.74, 6) is -0.333. The summed E-state index contributed by atoms with van der Waals surface area (Å²) < 4.78 is 0. The summed E-state index contributed by atoms with van der Waals surface area (Å²) in [5, 5.41) is 2.70. The van der Waals surface area contributed by atoms with Crippen molar-refractivity contribution in [1.82, 2.24) is 10.2 Å². The van der Waals surface area contributed by atoms with E-state index < -0.39 is 6.04 Å². The molecular weight excluding hydrogens is 194 g/mol. The topological polar surface area (TPSA) is 75.4 Å². The molecule has 0 saturated carbocycles.